The maximum absolute atomic E-state index is 12.5. The number of hydrogen-bond acceptors (Lipinski definition) is 10. The Bertz CT molecular complexity index is 1080. The Morgan fingerprint density at radius 3 is 2.57 bits per heavy atom. The molecule has 0 atom stereocenters. The van der Waals surface area contributed by atoms with E-state index >= 15 is 0 Å². The number of carbonyl (C=O) groups is 1. The average Bonchev–Trinajstić information content (AvgIpc) is 3.08. The van der Waals surface area contributed by atoms with Gasteiger partial charge in [0.2, 0.25) is 11.9 Å². The number of nitro benzene ring substituents is 1. The van der Waals surface area contributed by atoms with Crippen molar-refractivity contribution in [3.05, 3.63) is 39.9 Å². The summed E-state index contributed by atoms with van der Waals surface area (Å²) in [6.07, 6.45) is 0. The molecule has 3 rings (SSSR count). The van der Waals surface area contributed by atoms with Crippen molar-refractivity contribution in [2.24, 2.45) is 0 Å². The molecule has 11 nitrogen and oxygen atoms in total. The molecule has 2 aromatic heterocycles. The van der Waals surface area contributed by atoms with E-state index in [9.17, 15) is 14.9 Å². The number of nitro groups is 1. The molecule has 0 spiro atoms. The van der Waals surface area contributed by atoms with Crippen LogP contribution in [0.25, 0.3) is 5.78 Å². The monoisotopic (exact) mass is 430 g/mol. The molecule has 12 heteroatoms. The van der Waals surface area contributed by atoms with Gasteiger partial charge in [-0.3, -0.25) is 14.9 Å². The number of carbonyl (C=O) groups excluding carboxylic acids is 1. The van der Waals surface area contributed by atoms with Gasteiger partial charge in [-0.2, -0.15) is 9.97 Å². The highest BCUT2D eigenvalue weighted by Gasteiger charge is 2.18. The summed E-state index contributed by atoms with van der Waals surface area (Å²) < 4.78 is 1.65. The maximum Gasteiger partial charge on any atom is 0.270 e. The van der Waals surface area contributed by atoms with Gasteiger partial charge in [0.15, 0.2) is 10.9 Å². The van der Waals surface area contributed by atoms with Crippen LogP contribution in [0.2, 0.25) is 0 Å². The predicted octanol–water partition coefficient (Wildman–Crippen LogP) is 3.04. The summed E-state index contributed by atoms with van der Waals surface area (Å²) in [5.74, 6) is 1.07. The average molecular weight is 430 g/mol. The Labute approximate surface area is 176 Å². The number of benzene rings is 1. The summed E-state index contributed by atoms with van der Waals surface area (Å²) in [6, 6.07) is 5.90. The number of thioether (sulfide) groups is 1. The van der Waals surface area contributed by atoms with E-state index in [1.807, 2.05) is 27.7 Å². The first-order valence-electron chi connectivity index (χ1n) is 9.31. The van der Waals surface area contributed by atoms with Crippen molar-refractivity contribution >= 4 is 40.9 Å². The van der Waals surface area contributed by atoms with Gasteiger partial charge in [-0.1, -0.05) is 23.9 Å². The van der Waals surface area contributed by atoms with Gasteiger partial charge in [-0.25, -0.2) is 4.40 Å². The lowest BCUT2D eigenvalue weighted by Gasteiger charge is -2.14. The lowest BCUT2D eigenvalue weighted by Crippen LogP contribution is -2.19. The molecule has 158 valence electrons. The van der Waals surface area contributed by atoms with Gasteiger partial charge in [0.05, 0.1) is 10.7 Å². The van der Waals surface area contributed by atoms with E-state index in [2.05, 4.69) is 30.8 Å². The molecule has 0 saturated heterocycles. The van der Waals surface area contributed by atoms with Gasteiger partial charge < -0.3 is 10.6 Å². The first kappa shape index (κ1) is 21.4. The molecule has 0 bridgehead atoms. The fraction of sp³-hybridized carbons (Fsp3) is 0.389. The first-order chi connectivity index (χ1) is 14.2. The summed E-state index contributed by atoms with van der Waals surface area (Å²) in [7, 11) is 0. The molecule has 2 heterocycles. The van der Waals surface area contributed by atoms with Crippen LogP contribution in [0.1, 0.15) is 38.1 Å². The van der Waals surface area contributed by atoms with E-state index in [0.29, 0.717) is 22.8 Å². The molecular formula is C18H22N8O3S. The molecule has 0 aliphatic rings. The third-order valence-electron chi connectivity index (χ3n) is 3.79. The van der Waals surface area contributed by atoms with Crippen LogP contribution >= 0.6 is 11.8 Å². The minimum absolute atomic E-state index is 0.0368. The summed E-state index contributed by atoms with van der Waals surface area (Å²) >= 11 is 1.16. The summed E-state index contributed by atoms with van der Waals surface area (Å²) in [5, 5.41) is 26.0. The Morgan fingerprint density at radius 2 is 1.90 bits per heavy atom. The molecule has 2 N–H and O–H groups in total. The number of hydrogen-bond donors (Lipinski definition) is 2. The molecule has 0 amide bonds. The van der Waals surface area contributed by atoms with Gasteiger partial charge in [0, 0.05) is 29.8 Å². The molecule has 0 saturated carbocycles. The zero-order valence-corrected chi connectivity index (χ0v) is 17.8. The third-order valence-corrected chi connectivity index (χ3v) is 4.72. The number of non-ortho nitro benzene ring substituents is 1. The summed E-state index contributed by atoms with van der Waals surface area (Å²) in [4.78, 5) is 31.8. The quantitative estimate of drug-likeness (QED) is 0.225. The molecule has 30 heavy (non-hydrogen) atoms. The molecule has 3 aromatic rings. The van der Waals surface area contributed by atoms with Crippen LogP contribution in [0.4, 0.5) is 17.6 Å². The molecule has 0 radical (unpaired) electrons. The highest BCUT2D eigenvalue weighted by atomic mass is 32.2. The minimum atomic E-state index is -0.528. The second-order valence-electron chi connectivity index (χ2n) is 7.11. The van der Waals surface area contributed by atoms with E-state index in [0.717, 1.165) is 11.8 Å². The molecule has 0 fully saturated rings. The Kier molecular flexibility index (Phi) is 6.45. The van der Waals surface area contributed by atoms with Crippen molar-refractivity contribution in [3.63, 3.8) is 0 Å². The predicted molar refractivity (Wildman–Crippen MR) is 114 cm³/mol. The summed E-state index contributed by atoms with van der Waals surface area (Å²) in [6.45, 7) is 7.92. The van der Waals surface area contributed by atoms with Gasteiger partial charge in [-0.05, 0) is 27.7 Å². The standard InChI is InChI=1S/C18H22N8O3S/c1-10(2)19-15-21-16(20-11(3)4)25-17(22-15)23-24-18(25)30-9-14(27)12-6-5-7-13(8-12)26(28)29/h5-8,10-11H,9H2,1-4H3,(H2,19,20,21,22,23). The number of Topliss-reactive ketones (excluding diaryl/α,β-unsaturated/α-hetero) is 1. The number of ketones is 1. The van der Waals surface area contributed by atoms with Crippen LogP contribution in [-0.4, -0.2) is 53.1 Å². The summed E-state index contributed by atoms with van der Waals surface area (Å²) in [5.41, 5.74) is 0.145. The van der Waals surface area contributed by atoms with Crippen LogP contribution in [0.5, 0.6) is 0 Å². The minimum Gasteiger partial charge on any atom is -0.353 e. The van der Waals surface area contributed by atoms with Crippen LogP contribution in [0.15, 0.2) is 29.4 Å². The van der Waals surface area contributed by atoms with Crippen molar-refractivity contribution in [2.75, 3.05) is 16.4 Å². The number of fused-ring (bicyclic) bond motifs is 1. The number of anilines is 2. The SMILES string of the molecule is CC(C)Nc1nc(NC(C)C)n2c(SCC(=O)c3cccc([N+](=O)[O-])c3)nnc2n1. The zero-order chi connectivity index (χ0) is 21.8. The normalized spacial score (nSPS) is 11.3. The Hall–Kier alpha value is -3.28. The number of nitrogens with zero attached hydrogens (tertiary/aromatic N) is 6. The van der Waals surface area contributed by atoms with Crippen LogP contribution in [-0.2, 0) is 0 Å². The highest BCUT2D eigenvalue weighted by Crippen LogP contribution is 2.23. The van der Waals surface area contributed by atoms with E-state index in [1.165, 1.54) is 18.2 Å². The molecule has 0 aliphatic carbocycles. The van der Waals surface area contributed by atoms with E-state index in [4.69, 9.17) is 0 Å². The second kappa shape index (κ2) is 9.03. The molecule has 0 unspecified atom stereocenters. The molecule has 1 aromatic carbocycles. The van der Waals surface area contributed by atoms with Crippen LogP contribution in [0, 0.1) is 10.1 Å². The Balaban J connectivity index is 1.86. The smallest absolute Gasteiger partial charge is 0.270 e. The molecular weight excluding hydrogens is 408 g/mol. The number of aromatic nitrogens is 5. The van der Waals surface area contributed by atoms with Crippen molar-refractivity contribution in [1.82, 2.24) is 24.6 Å². The lowest BCUT2D eigenvalue weighted by molar-refractivity contribution is -0.384. The first-order valence-corrected chi connectivity index (χ1v) is 10.3. The van der Waals surface area contributed by atoms with Crippen molar-refractivity contribution in [1.29, 1.82) is 0 Å². The van der Waals surface area contributed by atoms with Gasteiger partial charge >= 0.3 is 0 Å². The van der Waals surface area contributed by atoms with Gasteiger partial charge in [0.25, 0.3) is 11.5 Å². The zero-order valence-electron chi connectivity index (χ0n) is 17.0. The fourth-order valence-electron chi connectivity index (χ4n) is 2.57. The van der Waals surface area contributed by atoms with Gasteiger partial charge in [0.1, 0.15) is 0 Å². The second-order valence-corrected chi connectivity index (χ2v) is 8.05. The highest BCUT2D eigenvalue weighted by molar-refractivity contribution is 7.99. The Morgan fingerprint density at radius 1 is 1.17 bits per heavy atom. The number of rotatable bonds is 9. The van der Waals surface area contributed by atoms with Crippen molar-refractivity contribution in [2.45, 2.75) is 44.9 Å². The fourth-order valence-corrected chi connectivity index (χ4v) is 3.39. The van der Waals surface area contributed by atoms with E-state index < -0.39 is 4.92 Å². The van der Waals surface area contributed by atoms with Crippen molar-refractivity contribution in [3.8, 4) is 0 Å². The van der Waals surface area contributed by atoms with Gasteiger partial charge in [-0.15, -0.1) is 10.2 Å². The van der Waals surface area contributed by atoms with E-state index in [-0.39, 0.29) is 34.9 Å². The maximum atomic E-state index is 12.5. The topological polar surface area (TPSA) is 140 Å². The lowest BCUT2D eigenvalue weighted by atomic mass is 10.1. The number of nitrogens with one attached hydrogen (secondary N) is 2. The largest absolute Gasteiger partial charge is 0.353 e. The van der Waals surface area contributed by atoms with Crippen molar-refractivity contribution < 1.29 is 9.72 Å². The van der Waals surface area contributed by atoms with Crippen LogP contribution in [0.3, 0.4) is 0 Å². The van der Waals surface area contributed by atoms with E-state index in [1.54, 1.807) is 10.5 Å². The van der Waals surface area contributed by atoms with Crippen LogP contribution < -0.4 is 10.6 Å². The third kappa shape index (κ3) is 5.00. The molecule has 0 aliphatic heterocycles.